The van der Waals surface area contributed by atoms with E-state index in [1.807, 2.05) is 0 Å². The van der Waals surface area contributed by atoms with Gasteiger partial charge in [0.25, 0.3) is 5.91 Å². The number of hydrogen-bond donors (Lipinski definition) is 3. The Kier molecular flexibility index (Phi) is 3.18. The average molecular weight is 266 g/mol. The van der Waals surface area contributed by atoms with Gasteiger partial charge in [0, 0.05) is 5.69 Å². The molecule has 1 aliphatic rings. The van der Waals surface area contributed by atoms with Gasteiger partial charge in [-0.3, -0.25) is 4.79 Å². The summed E-state index contributed by atoms with van der Waals surface area (Å²) in [5, 5.41) is 11.6. The molecule has 19 heavy (non-hydrogen) atoms. The Bertz CT molecular complexity index is 543. The monoisotopic (exact) mass is 266 g/mol. The van der Waals surface area contributed by atoms with E-state index in [2.05, 4.69) is 5.32 Å². The lowest BCUT2D eigenvalue weighted by molar-refractivity contribution is -0.144. The lowest BCUT2D eigenvalue weighted by atomic mass is 9.95. The van der Waals surface area contributed by atoms with Gasteiger partial charge in [-0.1, -0.05) is 0 Å². The highest BCUT2D eigenvalue weighted by Crippen LogP contribution is 2.39. The lowest BCUT2D eigenvalue weighted by Crippen LogP contribution is -2.54. The number of carbonyl (C=O) groups is 2. The Labute approximate surface area is 109 Å². The number of carboxylic acid groups (broad SMARTS) is 1. The second kappa shape index (κ2) is 4.53. The van der Waals surface area contributed by atoms with Crippen molar-refractivity contribution in [3.63, 3.8) is 0 Å². The summed E-state index contributed by atoms with van der Waals surface area (Å²) in [5.41, 5.74) is 4.04. The van der Waals surface area contributed by atoms with Crippen molar-refractivity contribution < 1.29 is 19.1 Å². The molecule has 0 radical (unpaired) electrons. The number of carboxylic acids is 1. The normalized spacial score (nSPS) is 17.6. The fraction of sp³-hybridized carbons (Fsp3) is 0.385. The molecule has 0 aromatic heterocycles. The number of nitrogens with one attached hydrogen (secondary N) is 1. The number of nitrogens with two attached hydrogens (primary N) is 1. The second-order valence-corrected chi connectivity index (χ2v) is 4.98. The Morgan fingerprint density at radius 2 is 2.11 bits per heavy atom. The third-order valence-corrected chi connectivity index (χ3v) is 3.45. The molecule has 2 rings (SSSR count). The molecule has 0 bridgehead atoms. The van der Waals surface area contributed by atoms with Gasteiger partial charge in [-0.25, -0.2) is 9.18 Å². The molecule has 1 atom stereocenters. The quantitative estimate of drug-likeness (QED) is 0.718. The van der Waals surface area contributed by atoms with Gasteiger partial charge in [-0.05, 0) is 43.9 Å². The number of carbonyl (C=O) groups excluding carboxylic acids is 1. The average Bonchev–Trinajstić information content (AvgIpc) is 3.11. The van der Waals surface area contributed by atoms with Crippen LogP contribution in [0.4, 0.5) is 10.1 Å². The number of amides is 1. The van der Waals surface area contributed by atoms with Crippen LogP contribution in [-0.4, -0.2) is 22.5 Å². The topological polar surface area (TPSA) is 92.4 Å². The molecule has 5 nitrogen and oxygen atoms in total. The minimum atomic E-state index is -1.36. The fourth-order valence-corrected chi connectivity index (χ4v) is 2.01. The molecule has 1 fully saturated rings. The van der Waals surface area contributed by atoms with Crippen LogP contribution in [0.1, 0.15) is 30.1 Å². The predicted octanol–water partition coefficient (Wildman–Crippen LogP) is 1.39. The standard InChI is InChI=1S/C13H15FN2O3/c1-13(12(18)19,7-2-3-7)16-11(17)9-5-4-8(15)6-10(9)14/h4-7H,2-3,15H2,1H3,(H,16,17)(H,18,19). The summed E-state index contributed by atoms with van der Waals surface area (Å²) in [7, 11) is 0. The van der Waals surface area contributed by atoms with E-state index in [9.17, 15) is 19.1 Å². The first kappa shape index (κ1) is 13.3. The van der Waals surface area contributed by atoms with Crippen LogP contribution in [0.3, 0.4) is 0 Å². The zero-order valence-electron chi connectivity index (χ0n) is 10.4. The predicted molar refractivity (Wildman–Crippen MR) is 67.0 cm³/mol. The summed E-state index contributed by atoms with van der Waals surface area (Å²) in [6, 6.07) is 3.67. The van der Waals surface area contributed by atoms with Crippen molar-refractivity contribution in [3.8, 4) is 0 Å². The molecule has 102 valence electrons. The first-order valence-electron chi connectivity index (χ1n) is 5.95. The van der Waals surface area contributed by atoms with Crippen molar-refractivity contribution in [2.45, 2.75) is 25.3 Å². The van der Waals surface area contributed by atoms with Crippen LogP contribution in [-0.2, 0) is 4.79 Å². The number of anilines is 1. The van der Waals surface area contributed by atoms with Gasteiger partial charge in [0.15, 0.2) is 0 Å². The molecule has 1 aromatic rings. The van der Waals surface area contributed by atoms with Gasteiger partial charge in [0.1, 0.15) is 11.4 Å². The third-order valence-electron chi connectivity index (χ3n) is 3.45. The van der Waals surface area contributed by atoms with Crippen LogP contribution in [0.25, 0.3) is 0 Å². The fourth-order valence-electron chi connectivity index (χ4n) is 2.01. The highest BCUT2D eigenvalue weighted by molar-refractivity contribution is 5.98. The first-order chi connectivity index (χ1) is 8.84. The van der Waals surface area contributed by atoms with E-state index in [1.54, 1.807) is 0 Å². The maximum Gasteiger partial charge on any atom is 0.329 e. The van der Waals surface area contributed by atoms with Crippen LogP contribution in [0.2, 0.25) is 0 Å². The Morgan fingerprint density at radius 1 is 1.47 bits per heavy atom. The van der Waals surface area contributed by atoms with Crippen molar-refractivity contribution in [1.29, 1.82) is 0 Å². The molecule has 1 unspecified atom stereocenters. The molecule has 1 amide bonds. The molecule has 1 aromatic carbocycles. The van der Waals surface area contributed by atoms with E-state index in [0.29, 0.717) is 0 Å². The molecule has 1 aliphatic carbocycles. The van der Waals surface area contributed by atoms with Gasteiger partial charge in [0.2, 0.25) is 0 Å². The van der Waals surface area contributed by atoms with E-state index in [0.717, 1.165) is 18.9 Å². The van der Waals surface area contributed by atoms with Crippen molar-refractivity contribution >= 4 is 17.6 Å². The van der Waals surface area contributed by atoms with Crippen LogP contribution in [0.5, 0.6) is 0 Å². The van der Waals surface area contributed by atoms with Gasteiger partial charge < -0.3 is 16.2 Å². The molecule has 1 saturated carbocycles. The largest absolute Gasteiger partial charge is 0.480 e. The van der Waals surface area contributed by atoms with E-state index in [-0.39, 0.29) is 17.2 Å². The van der Waals surface area contributed by atoms with Crippen LogP contribution < -0.4 is 11.1 Å². The first-order valence-corrected chi connectivity index (χ1v) is 5.95. The summed E-state index contributed by atoms with van der Waals surface area (Å²) in [4.78, 5) is 23.3. The summed E-state index contributed by atoms with van der Waals surface area (Å²) in [6.45, 7) is 1.44. The second-order valence-electron chi connectivity index (χ2n) is 4.98. The zero-order valence-corrected chi connectivity index (χ0v) is 10.4. The van der Waals surface area contributed by atoms with Crippen molar-refractivity contribution in [2.24, 2.45) is 5.92 Å². The maximum absolute atomic E-state index is 13.6. The number of hydrogen-bond acceptors (Lipinski definition) is 3. The summed E-state index contributed by atoms with van der Waals surface area (Å²) in [6.07, 6.45) is 1.49. The summed E-state index contributed by atoms with van der Waals surface area (Å²) < 4.78 is 13.6. The van der Waals surface area contributed by atoms with E-state index < -0.39 is 23.2 Å². The molecule has 4 N–H and O–H groups in total. The minimum Gasteiger partial charge on any atom is -0.480 e. The van der Waals surface area contributed by atoms with E-state index >= 15 is 0 Å². The highest BCUT2D eigenvalue weighted by atomic mass is 19.1. The number of halogens is 1. The van der Waals surface area contributed by atoms with Gasteiger partial charge in [-0.2, -0.15) is 0 Å². The van der Waals surface area contributed by atoms with Gasteiger partial charge in [0.05, 0.1) is 5.56 Å². The summed E-state index contributed by atoms with van der Waals surface area (Å²) in [5.74, 6) is -2.72. The minimum absolute atomic E-state index is 0.106. The molecule has 0 spiro atoms. The van der Waals surface area contributed by atoms with Crippen LogP contribution in [0, 0.1) is 11.7 Å². The smallest absolute Gasteiger partial charge is 0.329 e. The number of aliphatic carboxylic acids is 1. The van der Waals surface area contributed by atoms with Crippen LogP contribution in [0.15, 0.2) is 18.2 Å². The molecule has 0 heterocycles. The molecule has 6 heteroatoms. The van der Waals surface area contributed by atoms with Crippen LogP contribution >= 0.6 is 0 Å². The SMILES string of the molecule is CC(NC(=O)c1ccc(N)cc1F)(C(=O)O)C1CC1. The Hall–Kier alpha value is -2.11. The molecular weight excluding hydrogens is 251 g/mol. The van der Waals surface area contributed by atoms with Gasteiger partial charge >= 0.3 is 5.97 Å². The summed E-state index contributed by atoms with van der Waals surface area (Å²) >= 11 is 0. The zero-order chi connectivity index (χ0) is 14.2. The van der Waals surface area contributed by atoms with Crippen molar-refractivity contribution in [3.05, 3.63) is 29.6 Å². The van der Waals surface area contributed by atoms with Crippen molar-refractivity contribution in [1.82, 2.24) is 5.32 Å². The number of rotatable bonds is 4. The van der Waals surface area contributed by atoms with Crippen molar-refractivity contribution in [2.75, 3.05) is 5.73 Å². The highest BCUT2D eigenvalue weighted by Gasteiger charge is 2.48. The number of nitrogen functional groups attached to an aromatic ring is 1. The third kappa shape index (κ3) is 2.52. The van der Waals surface area contributed by atoms with E-state index in [4.69, 9.17) is 5.73 Å². The number of benzene rings is 1. The molecule has 0 aliphatic heterocycles. The lowest BCUT2D eigenvalue weighted by Gasteiger charge is -2.26. The Morgan fingerprint density at radius 3 is 2.58 bits per heavy atom. The van der Waals surface area contributed by atoms with Gasteiger partial charge in [-0.15, -0.1) is 0 Å². The maximum atomic E-state index is 13.6. The molecular formula is C13H15FN2O3. The Balaban J connectivity index is 2.22. The molecule has 0 saturated heterocycles. The van der Waals surface area contributed by atoms with E-state index in [1.165, 1.54) is 19.1 Å².